The van der Waals surface area contributed by atoms with Crippen molar-refractivity contribution in [3.05, 3.63) is 17.7 Å². The van der Waals surface area contributed by atoms with E-state index in [-0.39, 0.29) is 0 Å². The topological polar surface area (TPSA) is 29.9 Å². The molecule has 0 amide bonds. The number of nitrogens with one attached hydrogen (secondary N) is 1. The Bertz CT molecular complexity index is 304. The molecule has 1 N–H and O–H groups in total. The van der Waals surface area contributed by atoms with Crippen molar-refractivity contribution in [3.8, 4) is 0 Å². The van der Waals surface area contributed by atoms with Crippen LogP contribution in [0.15, 0.2) is 6.33 Å². The van der Waals surface area contributed by atoms with Gasteiger partial charge in [-0.2, -0.15) is 0 Å². The number of rotatable bonds is 5. The lowest BCUT2D eigenvalue weighted by Gasteiger charge is -2.15. The van der Waals surface area contributed by atoms with Crippen molar-refractivity contribution in [1.29, 1.82) is 0 Å². The van der Waals surface area contributed by atoms with Gasteiger partial charge in [0.05, 0.1) is 12.0 Å². The third-order valence-corrected chi connectivity index (χ3v) is 3.12. The zero-order valence-corrected chi connectivity index (χ0v) is 9.63. The van der Waals surface area contributed by atoms with E-state index in [0.29, 0.717) is 0 Å². The molecule has 0 spiro atoms. The van der Waals surface area contributed by atoms with Crippen LogP contribution in [0.2, 0.25) is 0 Å². The number of hydrogen-bond donors (Lipinski definition) is 1. The molecule has 0 saturated heterocycles. The van der Waals surface area contributed by atoms with Crippen molar-refractivity contribution in [2.45, 2.75) is 52.1 Å². The third-order valence-electron chi connectivity index (χ3n) is 3.12. The predicted octanol–water partition coefficient (Wildman–Crippen LogP) is 2.11. The Morgan fingerprint density at radius 3 is 3.20 bits per heavy atom. The monoisotopic (exact) mass is 207 g/mol. The minimum absolute atomic E-state index is 0.956. The average Bonchev–Trinajstić information content (AvgIpc) is 2.68. The molecule has 1 aromatic rings. The van der Waals surface area contributed by atoms with Crippen LogP contribution in [0.3, 0.4) is 0 Å². The molecule has 0 unspecified atom stereocenters. The van der Waals surface area contributed by atoms with Crippen LogP contribution < -0.4 is 5.32 Å². The fourth-order valence-corrected chi connectivity index (χ4v) is 2.20. The van der Waals surface area contributed by atoms with Gasteiger partial charge in [0.1, 0.15) is 0 Å². The molecule has 0 radical (unpaired) electrons. The van der Waals surface area contributed by atoms with E-state index in [1.165, 1.54) is 37.1 Å². The maximum atomic E-state index is 4.46. The average molecular weight is 207 g/mol. The lowest BCUT2D eigenvalue weighted by Crippen LogP contribution is -2.25. The second-order valence-corrected chi connectivity index (χ2v) is 4.32. The maximum absolute atomic E-state index is 4.46. The minimum Gasteiger partial charge on any atom is -0.334 e. The van der Waals surface area contributed by atoms with Gasteiger partial charge in [0.25, 0.3) is 0 Å². The van der Waals surface area contributed by atoms with Crippen LogP contribution >= 0.6 is 0 Å². The molecule has 0 aromatic carbocycles. The van der Waals surface area contributed by atoms with Gasteiger partial charge in [-0.25, -0.2) is 4.98 Å². The lowest BCUT2D eigenvalue weighted by molar-refractivity contribution is 0.546. The normalized spacial score (nSPS) is 15.3. The summed E-state index contributed by atoms with van der Waals surface area (Å²) >= 11 is 0. The minimum atomic E-state index is 0.956. The number of aryl methyl sites for hydroxylation is 1. The molecule has 2 rings (SSSR count). The standard InChI is InChI=1S/C12H21N3/c1-2-3-4-5-8-15-10-14-11-9-13-7-6-12(11)15/h10,13H,2-9H2,1H3. The van der Waals surface area contributed by atoms with Crippen molar-refractivity contribution in [3.63, 3.8) is 0 Å². The highest BCUT2D eigenvalue weighted by molar-refractivity contribution is 5.16. The molecule has 15 heavy (non-hydrogen) atoms. The van der Waals surface area contributed by atoms with Crippen molar-refractivity contribution in [2.24, 2.45) is 0 Å². The number of imidazole rings is 1. The van der Waals surface area contributed by atoms with Crippen LogP contribution in [0, 0.1) is 0 Å². The quantitative estimate of drug-likeness (QED) is 0.749. The number of aromatic nitrogens is 2. The molecule has 0 atom stereocenters. The summed E-state index contributed by atoms with van der Waals surface area (Å²) in [6, 6.07) is 0. The van der Waals surface area contributed by atoms with Crippen molar-refractivity contribution in [1.82, 2.24) is 14.9 Å². The smallest absolute Gasteiger partial charge is 0.0952 e. The first-order chi connectivity index (χ1) is 7.42. The highest BCUT2D eigenvalue weighted by Gasteiger charge is 2.13. The Labute approximate surface area is 91.9 Å². The highest BCUT2D eigenvalue weighted by Crippen LogP contribution is 2.13. The Morgan fingerprint density at radius 2 is 2.33 bits per heavy atom. The van der Waals surface area contributed by atoms with E-state index in [4.69, 9.17) is 0 Å². The van der Waals surface area contributed by atoms with Gasteiger partial charge in [-0.05, 0) is 6.42 Å². The summed E-state index contributed by atoms with van der Waals surface area (Å²) in [5.74, 6) is 0. The summed E-state index contributed by atoms with van der Waals surface area (Å²) in [4.78, 5) is 4.46. The van der Waals surface area contributed by atoms with Crippen molar-refractivity contribution >= 4 is 0 Å². The number of nitrogens with zero attached hydrogens (tertiary/aromatic N) is 2. The first-order valence-corrected chi connectivity index (χ1v) is 6.15. The number of unbranched alkanes of at least 4 members (excludes halogenated alkanes) is 3. The fraction of sp³-hybridized carbons (Fsp3) is 0.750. The molecule has 0 aliphatic carbocycles. The van der Waals surface area contributed by atoms with Crippen LogP contribution in [-0.4, -0.2) is 16.1 Å². The molecule has 2 heterocycles. The molecule has 3 nitrogen and oxygen atoms in total. The van der Waals surface area contributed by atoms with E-state index < -0.39 is 0 Å². The SMILES string of the molecule is CCCCCCn1cnc2c1CCNC2. The molecule has 84 valence electrons. The third kappa shape index (κ3) is 2.59. The molecular weight excluding hydrogens is 186 g/mol. The van der Waals surface area contributed by atoms with E-state index in [9.17, 15) is 0 Å². The van der Waals surface area contributed by atoms with E-state index >= 15 is 0 Å². The molecule has 0 fully saturated rings. The van der Waals surface area contributed by atoms with Crippen LogP contribution in [0.25, 0.3) is 0 Å². The second-order valence-electron chi connectivity index (χ2n) is 4.32. The van der Waals surface area contributed by atoms with Gasteiger partial charge >= 0.3 is 0 Å². The zero-order chi connectivity index (χ0) is 10.5. The number of hydrogen-bond acceptors (Lipinski definition) is 2. The summed E-state index contributed by atoms with van der Waals surface area (Å²) in [6.45, 7) is 5.47. The van der Waals surface area contributed by atoms with E-state index in [1.807, 2.05) is 6.33 Å². The zero-order valence-electron chi connectivity index (χ0n) is 9.63. The Balaban J connectivity index is 1.88. The van der Waals surface area contributed by atoms with Gasteiger partial charge in [-0.15, -0.1) is 0 Å². The van der Waals surface area contributed by atoms with Crippen LogP contribution in [0.1, 0.15) is 44.0 Å². The molecule has 3 heteroatoms. The summed E-state index contributed by atoms with van der Waals surface area (Å²) < 4.78 is 2.35. The molecule has 1 aliphatic heterocycles. The summed E-state index contributed by atoms with van der Waals surface area (Å²) in [7, 11) is 0. The Hall–Kier alpha value is -0.830. The predicted molar refractivity (Wildman–Crippen MR) is 61.8 cm³/mol. The Kier molecular flexibility index (Phi) is 3.78. The first-order valence-electron chi connectivity index (χ1n) is 6.15. The van der Waals surface area contributed by atoms with Gasteiger partial charge in [0.15, 0.2) is 0 Å². The Morgan fingerprint density at radius 1 is 1.40 bits per heavy atom. The second kappa shape index (κ2) is 5.31. The summed E-state index contributed by atoms with van der Waals surface area (Å²) in [5, 5.41) is 3.35. The van der Waals surface area contributed by atoms with Crippen LogP contribution in [0.5, 0.6) is 0 Å². The largest absolute Gasteiger partial charge is 0.334 e. The maximum Gasteiger partial charge on any atom is 0.0952 e. The van der Waals surface area contributed by atoms with Crippen molar-refractivity contribution < 1.29 is 0 Å². The molecular formula is C12H21N3. The molecule has 0 saturated carbocycles. The van der Waals surface area contributed by atoms with Crippen molar-refractivity contribution in [2.75, 3.05) is 6.54 Å². The van der Waals surface area contributed by atoms with E-state index in [0.717, 1.165) is 26.1 Å². The number of fused-ring (bicyclic) bond motifs is 1. The van der Waals surface area contributed by atoms with Gasteiger partial charge in [0, 0.05) is 31.7 Å². The van der Waals surface area contributed by atoms with E-state index in [1.54, 1.807) is 0 Å². The summed E-state index contributed by atoms with van der Waals surface area (Å²) in [6.07, 6.45) is 8.48. The van der Waals surface area contributed by atoms with Gasteiger partial charge in [-0.1, -0.05) is 26.2 Å². The fourth-order valence-electron chi connectivity index (χ4n) is 2.20. The molecule has 0 bridgehead atoms. The van der Waals surface area contributed by atoms with Gasteiger partial charge < -0.3 is 9.88 Å². The van der Waals surface area contributed by atoms with Crippen LogP contribution in [-0.2, 0) is 19.5 Å². The molecule has 1 aromatic heterocycles. The van der Waals surface area contributed by atoms with E-state index in [2.05, 4.69) is 21.8 Å². The summed E-state index contributed by atoms with van der Waals surface area (Å²) in [5.41, 5.74) is 2.72. The van der Waals surface area contributed by atoms with Crippen LogP contribution in [0.4, 0.5) is 0 Å². The highest BCUT2D eigenvalue weighted by atomic mass is 15.1. The first kappa shape index (κ1) is 10.7. The van der Waals surface area contributed by atoms with Gasteiger partial charge in [-0.3, -0.25) is 0 Å². The molecule has 1 aliphatic rings. The lowest BCUT2D eigenvalue weighted by atomic mass is 10.1. The van der Waals surface area contributed by atoms with Gasteiger partial charge in [0.2, 0.25) is 0 Å².